The molecule has 0 aromatic carbocycles. The summed E-state index contributed by atoms with van der Waals surface area (Å²) in [4.78, 5) is 25.1. The molecule has 1 aromatic heterocycles. The zero-order chi connectivity index (χ0) is 13.3. The van der Waals surface area contributed by atoms with E-state index < -0.39 is 5.97 Å². The highest BCUT2D eigenvalue weighted by atomic mass is 16.4. The second-order valence-electron chi connectivity index (χ2n) is 4.83. The first-order chi connectivity index (χ1) is 8.50. The van der Waals surface area contributed by atoms with Crippen LogP contribution in [0.4, 0.5) is 0 Å². The zero-order valence-electron chi connectivity index (χ0n) is 10.6. The van der Waals surface area contributed by atoms with Crippen LogP contribution in [-0.2, 0) is 7.05 Å². The van der Waals surface area contributed by atoms with Gasteiger partial charge in [-0.25, -0.2) is 4.79 Å². The van der Waals surface area contributed by atoms with Crippen molar-refractivity contribution in [1.82, 2.24) is 14.7 Å². The summed E-state index contributed by atoms with van der Waals surface area (Å²) in [5.41, 5.74) is 0.136. The van der Waals surface area contributed by atoms with Gasteiger partial charge in [-0.1, -0.05) is 6.92 Å². The van der Waals surface area contributed by atoms with E-state index in [0.29, 0.717) is 19.0 Å². The van der Waals surface area contributed by atoms with Crippen LogP contribution in [0, 0.1) is 5.92 Å². The molecular formula is C12H17N3O3. The Balaban J connectivity index is 2.28. The molecule has 0 spiro atoms. The molecule has 1 fully saturated rings. The Kier molecular flexibility index (Phi) is 3.36. The second kappa shape index (κ2) is 4.80. The number of carbonyl (C=O) groups is 2. The van der Waals surface area contributed by atoms with Crippen LogP contribution < -0.4 is 0 Å². The minimum absolute atomic E-state index is 0.0271. The van der Waals surface area contributed by atoms with Gasteiger partial charge in [0.2, 0.25) is 0 Å². The van der Waals surface area contributed by atoms with Crippen molar-refractivity contribution < 1.29 is 14.7 Å². The fraction of sp³-hybridized carbons (Fsp3) is 0.583. The smallest absolute Gasteiger partial charge is 0.339 e. The summed E-state index contributed by atoms with van der Waals surface area (Å²) < 4.78 is 1.34. The number of aryl methyl sites for hydroxylation is 1. The Morgan fingerprint density at radius 3 is 2.83 bits per heavy atom. The first-order valence-corrected chi connectivity index (χ1v) is 6.05. The van der Waals surface area contributed by atoms with Crippen molar-refractivity contribution in [2.45, 2.75) is 19.8 Å². The molecule has 1 aromatic rings. The van der Waals surface area contributed by atoms with Crippen molar-refractivity contribution in [1.29, 1.82) is 0 Å². The van der Waals surface area contributed by atoms with Gasteiger partial charge in [0.05, 0.1) is 6.20 Å². The average Bonchev–Trinajstić information content (AvgIpc) is 2.70. The van der Waals surface area contributed by atoms with Crippen molar-refractivity contribution in [3.8, 4) is 0 Å². The van der Waals surface area contributed by atoms with Crippen LogP contribution in [0.25, 0.3) is 0 Å². The van der Waals surface area contributed by atoms with E-state index in [1.165, 1.54) is 10.9 Å². The molecule has 1 amide bonds. The minimum Gasteiger partial charge on any atom is -0.478 e. The van der Waals surface area contributed by atoms with E-state index in [0.717, 1.165) is 12.8 Å². The number of carbonyl (C=O) groups excluding carboxylic acids is 1. The van der Waals surface area contributed by atoms with Gasteiger partial charge >= 0.3 is 5.97 Å². The third kappa shape index (κ3) is 2.23. The van der Waals surface area contributed by atoms with Gasteiger partial charge in [0, 0.05) is 20.1 Å². The summed E-state index contributed by atoms with van der Waals surface area (Å²) in [6, 6.07) is 0. The molecule has 6 nitrogen and oxygen atoms in total. The molecule has 18 heavy (non-hydrogen) atoms. The van der Waals surface area contributed by atoms with E-state index in [2.05, 4.69) is 12.0 Å². The van der Waals surface area contributed by atoms with Crippen molar-refractivity contribution >= 4 is 11.9 Å². The van der Waals surface area contributed by atoms with Gasteiger partial charge in [-0.15, -0.1) is 0 Å². The van der Waals surface area contributed by atoms with Gasteiger partial charge in [-0.3, -0.25) is 9.48 Å². The highest BCUT2D eigenvalue weighted by molar-refractivity contribution is 6.03. The Morgan fingerprint density at radius 2 is 2.22 bits per heavy atom. The van der Waals surface area contributed by atoms with E-state index in [1.54, 1.807) is 11.9 Å². The maximum atomic E-state index is 12.4. The number of aromatic carboxylic acids is 1. The Morgan fingerprint density at radius 1 is 1.50 bits per heavy atom. The fourth-order valence-corrected chi connectivity index (χ4v) is 2.37. The van der Waals surface area contributed by atoms with Crippen LogP contribution in [0.1, 0.15) is 40.6 Å². The molecule has 1 saturated heterocycles. The van der Waals surface area contributed by atoms with Crippen LogP contribution in [0.2, 0.25) is 0 Å². The van der Waals surface area contributed by atoms with E-state index in [1.807, 2.05) is 0 Å². The summed E-state index contributed by atoms with van der Waals surface area (Å²) >= 11 is 0. The number of likely N-dealkylation sites (tertiary alicyclic amines) is 1. The molecule has 1 aliphatic heterocycles. The predicted molar refractivity (Wildman–Crippen MR) is 64.5 cm³/mol. The molecule has 0 unspecified atom stereocenters. The summed E-state index contributed by atoms with van der Waals surface area (Å²) in [7, 11) is 1.59. The molecule has 0 bridgehead atoms. The molecule has 1 atom stereocenters. The Hall–Kier alpha value is -1.85. The monoisotopic (exact) mass is 251 g/mol. The lowest BCUT2D eigenvalue weighted by Gasteiger charge is -2.31. The number of hydrogen-bond donors (Lipinski definition) is 1. The summed E-state index contributed by atoms with van der Waals surface area (Å²) in [5.74, 6) is -0.889. The van der Waals surface area contributed by atoms with E-state index >= 15 is 0 Å². The normalized spacial score (nSPS) is 19.9. The van der Waals surface area contributed by atoms with Crippen LogP contribution in [-0.4, -0.2) is 44.8 Å². The number of piperidine rings is 1. The second-order valence-corrected chi connectivity index (χ2v) is 4.83. The number of carboxylic acid groups (broad SMARTS) is 1. The molecule has 2 rings (SSSR count). The topological polar surface area (TPSA) is 75.4 Å². The number of hydrogen-bond acceptors (Lipinski definition) is 3. The SMILES string of the molecule is C[C@@H]1CCCN(C(=O)c2c(C(=O)O)cnn2C)C1. The van der Waals surface area contributed by atoms with E-state index in [-0.39, 0.29) is 17.2 Å². The number of amides is 1. The molecule has 6 heteroatoms. The lowest BCUT2D eigenvalue weighted by Crippen LogP contribution is -2.40. The molecule has 1 N–H and O–H groups in total. The Bertz CT molecular complexity index is 481. The third-order valence-corrected chi connectivity index (χ3v) is 3.32. The highest BCUT2D eigenvalue weighted by Crippen LogP contribution is 2.19. The van der Waals surface area contributed by atoms with Crippen LogP contribution in [0.3, 0.4) is 0 Å². The zero-order valence-corrected chi connectivity index (χ0v) is 10.6. The Labute approximate surface area is 105 Å². The molecule has 1 aliphatic rings. The molecule has 0 saturated carbocycles. The van der Waals surface area contributed by atoms with Gasteiger partial charge in [0.1, 0.15) is 11.3 Å². The van der Waals surface area contributed by atoms with Crippen molar-refractivity contribution in [3.63, 3.8) is 0 Å². The highest BCUT2D eigenvalue weighted by Gasteiger charge is 2.28. The third-order valence-electron chi connectivity index (χ3n) is 3.32. The van der Waals surface area contributed by atoms with Crippen LogP contribution in [0.5, 0.6) is 0 Å². The summed E-state index contributed by atoms with van der Waals surface area (Å²) in [6.07, 6.45) is 3.30. The number of carboxylic acids is 1. The maximum absolute atomic E-state index is 12.4. The summed E-state index contributed by atoms with van der Waals surface area (Å²) in [5, 5.41) is 12.9. The maximum Gasteiger partial charge on any atom is 0.339 e. The van der Waals surface area contributed by atoms with Crippen LogP contribution in [0.15, 0.2) is 6.20 Å². The minimum atomic E-state index is -1.11. The van der Waals surface area contributed by atoms with Gasteiger partial charge in [0.25, 0.3) is 5.91 Å². The van der Waals surface area contributed by atoms with Crippen molar-refractivity contribution in [3.05, 3.63) is 17.5 Å². The first-order valence-electron chi connectivity index (χ1n) is 6.05. The fourth-order valence-electron chi connectivity index (χ4n) is 2.37. The van der Waals surface area contributed by atoms with E-state index in [4.69, 9.17) is 5.11 Å². The standard InChI is InChI=1S/C12H17N3O3/c1-8-4-3-5-15(7-8)11(16)10-9(12(17)18)6-13-14(10)2/h6,8H,3-5,7H2,1-2H3,(H,17,18)/t8-/m1/s1. The van der Waals surface area contributed by atoms with Crippen molar-refractivity contribution in [2.24, 2.45) is 13.0 Å². The molecule has 0 aliphatic carbocycles. The van der Waals surface area contributed by atoms with Gasteiger partial charge in [-0.05, 0) is 18.8 Å². The molecule has 2 heterocycles. The van der Waals surface area contributed by atoms with E-state index in [9.17, 15) is 9.59 Å². The first kappa shape index (κ1) is 12.6. The number of aromatic nitrogens is 2. The lowest BCUT2D eigenvalue weighted by atomic mass is 10.00. The quantitative estimate of drug-likeness (QED) is 0.850. The predicted octanol–water partition coefficient (Wildman–Crippen LogP) is 0.990. The largest absolute Gasteiger partial charge is 0.478 e. The van der Waals surface area contributed by atoms with Gasteiger partial charge in [0.15, 0.2) is 0 Å². The molecule has 98 valence electrons. The number of rotatable bonds is 2. The van der Waals surface area contributed by atoms with Crippen molar-refractivity contribution in [2.75, 3.05) is 13.1 Å². The summed E-state index contributed by atoms with van der Waals surface area (Å²) in [6.45, 7) is 3.47. The molecule has 0 radical (unpaired) electrons. The van der Waals surface area contributed by atoms with Crippen LogP contribution >= 0.6 is 0 Å². The number of nitrogens with zero attached hydrogens (tertiary/aromatic N) is 3. The van der Waals surface area contributed by atoms with Gasteiger partial charge < -0.3 is 10.0 Å². The van der Waals surface area contributed by atoms with Gasteiger partial charge in [-0.2, -0.15) is 5.10 Å². The lowest BCUT2D eigenvalue weighted by molar-refractivity contribution is 0.0640. The molecular weight excluding hydrogens is 234 g/mol. The average molecular weight is 251 g/mol.